The molecule has 0 saturated carbocycles. The maximum Gasteiger partial charge on any atom is 0.339 e. The molecule has 172 valence electrons. The van der Waals surface area contributed by atoms with Gasteiger partial charge in [0.15, 0.2) is 0 Å². The summed E-state index contributed by atoms with van der Waals surface area (Å²) in [6, 6.07) is 14.4. The van der Waals surface area contributed by atoms with Crippen LogP contribution in [0.2, 0.25) is 5.02 Å². The van der Waals surface area contributed by atoms with E-state index in [-0.39, 0.29) is 29.0 Å². The number of carbonyl (C=O) groups is 2. The number of hydrogen-bond acceptors (Lipinski definition) is 7. The van der Waals surface area contributed by atoms with Crippen molar-refractivity contribution in [3.8, 4) is 11.4 Å². The Labute approximate surface area is 196 Å². The zero-order chi connectivity index (χ0) is 23.2. The van der Waals surface area contributed by atoms with Gasteiger partial charge in [-0.05, 0) is 44.5 Å². The molecule has 0 spiro atoms. The molecule has 8 nitrogen and oxygen atoms in total. The van der Waals surface area contributed by atoms with Crippen molar-refractivity contribution in [2.24, 2.45) is 5.92 Å². The van der Waals surface area contributed by atoms with Crippen LogP contribution in [-0.4, -0.2) is 46.6 Å². The minimum Gasteiger partial charge on any atom is -0.462 e. The molecular formula is C24H25ClN4O4. The van der Waals surface area contributed by atoms with Gasteiger partial charge in [-0.15, -0.1) is 0 Å². The summed E-state index contributed by atoms with van der Waals surface area (Å²) in [6.45, 7) is 3.88. The second kappa shape index (κ2) is 10.6. The van der Waals surface area contributed by atoms with E-state index < -0.39 is 5.97 Å². The lowest BCUT2D eigenvalue weighted by atomic mass is 9.97. The number of piperidine rings is 1. The summed E-state index contributed by atoms with van der Waals surface area (Å²) in [4.78, 5) is 31.6. The van der Waals surface area contributed by atoms with Crippen molar-refractivity contribution in [2.45, 2.75) is 26.3 Å². The van der Waals surface area contributed by atoms with E-state index in [0.29, 0.717) is 30.5 Å². The zero-order valence-electron chi connectivity index (χ0n) is 18.3. The molecule has 33 heavy (non-hydrogen) atoms. The molecule has 1 saturated heterocycles. The molecule has 1 N–H and O–H groups in total. The highest BCUT2D eigenvalue weighted by Gasteiger charge is 2.27. The summed E-state index contributed by atoms with van der Waals surface area (Å²) in [5.41, 5.74) is 1.63. The van der Waals surface area contributed by atoms with Crippen LogP contribution in [0.1, 0.15) is 36.0 Å². The van der Waals surface area contributed by atoms with E-state index in [1.54, 1.807) is 25.1 Å². The van der Waals surface area contributed by atoms with E-state index in [1.165, 1.54) is 0 Å². The first kappa shape index (κ1) is 22.9. The lowest BCUT2D eigenvalue weighted by molar-refractivity contribution is -0.121. The Morgan fingerprint density at radius 2 is 2.06 bits per heavy atom. The van der Waals surface area contributed by atoms with Gasteiger partial charge in [0.25, 0.3) is 0 Å². The molecule has 9 heteroatoms. The fourth-order valence-corrected chi connectivity index (χ4v) is 4.04. The van der Waals surface area contributed by atoms with E-state index in [1.807, 2.05) is 30.3 Å². The third kappa shape index (κ3) is 5.77. The molecule has 0 radical (unpaired) electrons. The number of halogens is 1. The summed E-state index contributed by atoms with van der Waals surface area (Å²) in [5.74, 6) is 0.255. The third-order valence-electron chi connectivity index (χ3n) is 5.46. The SMILES string of the molecule is CCOC(=O)c1cc(NC(=O)C2CCCN(Cc3nc(-c4ccccc4)no3)C2)ccc1Cl. The highest BCUT2D eigenvalue weighted by molar-refractivity contribution is 6.33. The number of nitrogens with one attached hydrogen (secondary N) is 1. The van der Waals surface area contributed by atoms with Gasteiger partial charge in [-0.2, -0.15) is 4.98 Å². The largest absolute Gasteiger partial charge is 0.462 e. The van der Waals surface area contributed by atoms with E-state index >= 15 is 0 Å². The van der Waals surface area contributed by atoms with Crippen LogP contribution in [0.3, 0.4) is 0 Å². The molecule has 0 bridgehead atoms. The van der Waals surface area contributed by atoms with Crippen molar-refractivity contribution in [1.29, 1.82) is 0 Å². The monoisotopic (exact) mass is 468 g/mol. The average Bonchev–Trinajstić information content (AvgIpc) is 3.29. The minimum absolute atomic E-state index is 0.104. The molecule has 3 aromatic rings. The van der Waals surface area contributed by atoms with Crippen LogP contribution in [0.4, 0.5) is 5.69 Å². The second-order valence-electron chi connectivity index (χ2n) is 7.86. The molecule has 1 atom stereocenters. The van der Waals surface area contributed by atoms with Gasteiger partial charge in [-0.25, -0.2) is 4.79 Å². The lowest BCUT2D eigenvalue weighted by Crippen LogP contribution is -2.40. The summed E-state index contributed by atoms with van der Waals surface area (Å²) in [5, 5.41) is 7.25. The van der Waals surface area contributed by atoms with Gasteiger partial charge in [-0.1, -0.05) is 47.1 Å². The van der Waals surface area contributed by atoms with Crippen molar-refractivity contribution in [2.75, 3.05) is 25.0 Å². The van der Waals surface area contributed by atoms with Crippen LogP contribution in [0.25, 0.3) is 11.4 Å². The van der Waals surface area contributed by atoms with Crippen molar-refractivity contribution >= 4 is 29.2 Å². The first-order valence-electron chi connectivity index (χ1n) is 10.9. The maximum atomic E-state index is 12.9. The number of nitrogens with zero attached hydrogens (tertiary/aromatic N) is 3. The summed E-state index contributed by atoms with van der Waals surface area (Å²) < 4.78 is 10.4. The normalized spacial score (nSPS) is 16.4. The zero-order valence-corrected chi connectivity index (χ0v) is 19.0. The van der Waals surface area contributed by atoms with Gasteiger partial charge in [0.2, 0.25) is 17.6 Å². The number of carbonyl (C=O) groups excluding carboxylic acids is 2. The fraction of sp³-hybridized carbons (Fsp3) is 0.333. The van der Waals surface area contributed by atoms with Gasteiger partial charge < -0.3 is 14.6 Å². The van der Waals surface area contributed by atoms with Crippen LogP contribution in [0.5, 0.6) is 0 Å². The molecule has 0 aliphatic carbocycles. The van der Waals surface area contributed by atoms with E-state index in [0.717, 1.165) is 24.9 Å². The number of likely N-dealkylation sites (tertiary alicyclic amines) is 1. The fourth-order valence-electron chi connectivity index (χ4n) is 3.84. The number of amides is 1. The topological polar surface area (TPSA) is 97.6 Å². The Kier molecular flexibility index (Phi) is 7.36. The standard InChI is InChI=1S/C24H25ClN4O4/c1-2-32-24(31)19-13-18(10-11-20(19)25)26-23(30)17-9-6-12-29(14-17)15-21-27-22(28-33-21)16-7-4-3-5-8-16/h3-5,7-8,10-11,13,17H,2,6,9,12,14-15H2,1H3,(H,26,30). The lowest BCUT2D eigenvalue weighted by Gasteiger charge is -2.30. The van der Waals surface area contributed by atoms with Gasteiger partial charge in [0.05, 0.1) is 29.7 Å². The molecule has 2 heterocycles. The molecule has 1 aliphatic rings. The predicted octanol–water partition coefficient (Wildman–Crippen LogP) is 4.42. The van der Waals surface area contributed by atoms with Crippen LogP contribution >= 0.6 is 11.6 Å². The summed E-state index contributed by atoms with van der Waals surface area (Å²) >= 11 is 6.11. The van der Waals surface area contributed by atoms with Crippen LogP contribution < -0.4 is 5.32 Å². The quantitative estimate of drug-likeness (QED) is 0.512. The number of aromatic nitrogens is 2. The predicted molar refractivity (Wildman–Crippen MR) is 124 cm³/mol. The van der Waals surface area contributed by atoms with Crippen LogP contribution in [0.15, 0.2) is 53.1 Å². The van der Waals surface area contributed by atoms with E-state index in [4.69, 9.17) is 20.9 Å². The first-order valence-corrected chi connectivity index (χ1v) is 11.3. The molecule has 1 unspecified atom stereocenters. The average molecular weight is 469 g/mol. The highest BCUT2D eigenvalue weighted by Crippen LogP contribution is 2.24. The molecule has 1 aromatic heterocycles. The summed E-state index contributed by atoms with van der Waals surface area (Å²) in [6.07, 6.45) is 1.66. The molecule has 1 amide bonds. The smallest absolute Gasteiger partial charge is 0.339 e. The van der Waals surface area contributed by atoms with E-state index in [9.17, 15) is 9.59 Å². The summed E-state index contributed by atoms with van der Waals surface area (Å²) in [7, 11) is 0. The Balaban J connectivity index is 1.37. The van der Waals surface area contributed by atoms with E-state index in [2.05, 4.69) is 20.4 Å². The molecular weight excluding hydrogens is 444 g/mol. The number of anilines is 1. The maximum absolute atomic E-state index is 12.9. The van der Waals surface area contributed by atoms with Crippen molar-refractivity contribution in [1.82, 2.24) is 15.0 Å². The Hall–Kier alpha value is -3.23. The number of rotatable bonds is 7. The first-order chi connectivity index (χ1) is 16.0. The van der Waals surface area contributed by atoms with Gasteiger partial charge >= 0.3 is 5.97 Å². The molecule has 2 aromatic carbocycles. The second-order valence-corrected chi connectivity index (χ2v) is 8.26. The molecule has 4 rings (SSSR count). The van der Waals surface area contributed by atoms with Crippen LogP contribution in [0, 0.1) is 5.92 Å². The molecule has 1 fully saturated rings. The van der Waals surface area contributed by atoms with Gasteiger partial charge in [0, 0.05) is 17.8 Å². The Bertz CT molecular complexity index is 1120. The van der Waals surface area contributed by atoms with Crippen molar-refractivity contribution in [3.05, 3.63) is 65.0 Å². The van der Waals surface area contributed by atoms with Crippen LogP contribution in [-0.2, 0) is 16.1 Å². The van der Waals surface area contributed by atoms with Crippen molar-refractivity contribution < 1.29 is 18.8 Å². The number of esters is 1. The number of ether oxygens (including phenoxy) is 1. The number of benzene rings is 2. The Morgan fingerprint density at radius 3 is 2.85 bits per heavy atom. The molecule has 1 aliphatic heterocycles. The Morgan fingerprint density at radius 1 is 1.24 bits per heavy atom. The minimum atomic E-state index is -0.517. The van der Waals surface area contributed by atoms with Gasteiger partial charge in [0.1, 0.15) is 0 Å². The number of hydrogen-bond donors (Lipinski definition) is 1. The third-order valence-corrected chi connectivity index (χ3v) is 5.79. The van der Waals surface area contributed by atoms with Crippen molar-refractivity contribution in [3.63, 3.8) is 0 Å². The van der Waals surface area contributed by atoms with Gasteiger partial charge in [-0.3, -0.25) is 9.69 Å². The highest BCUT2D eigenvalue weighted by atomic mass is 35.5.